The van der Waals surface area contributed by atoms with Crippen LogP contribution in [0.15, 0.2) is 18.3 Å². The van der Waals surface area contributed by atoms with Crippen molar-refractivity contribution < 1.29 is 5.11 Å². The van der Waals surface area contributed by atoms with Crippen molar-refractivity contribution in [1.82, 2.24) is 4.98 Å². The summed E-state index contributed by atoms with van der Waals surface area (Å²) in [6.07, 6.45) is 2.04. The highest BCUT2D eigenvalue weighted by molar-refractivity contribution is 5.48. The molecule has 0 bridgehead atoms. The van der Waals surface area contributed by atoms with Gasteiger partial charge in [-0.15, -0.1) is 0 Å². The zero-order valence-corrected chi connectivity index (χ0v) is 8.57. The molecule has 0 aliphatic rings. The van der Waals surface area contributed by atoms with E-state index in [1.54, 1.807) is 25.3 Å². The van der Waals surface area contributed by atoms with Gasteiger partial charge in [-0.3, -0.25) is 0 Å². The Bertz CT molecular complexity index is 288. The highest BCUT2D eigenvalue weighted by atomic mass is 16.3. The number of pyridine rings is 1. The summed E-state index contributed by atoms with van der Waals surface area (Å²) in [6, 6.07) is 3.70. The van der Waals surface area contributed by atoms with Gasteiger partial charge in [0.1, 0.15) is 5.82 Å². The number of nitrogen functional groups attached to an aromatic ring is 1. The second-order valence-electron chi connectivity index (χ2n) is 3.60. The minimum absolute atomic E-state index is 0.185. The Kier molecular flexibility index (Phi) is 3.71. The monoisotopic (exact) mass is 195 g/mol. The minimum atomic E-state index is -0.307. The first-order chi connectivity index (χ1) is 6.58. The number of aliphatic hydroxyl groups is 1. The molecule has 14 heavy (non-hydrogen) atoms. The van der Waals surface area contributed by atoms with E-state index in [-0.39, 0.29) is 12.1 Å². The van der Waals surface area contributed by atoms with Gasteiger partial charge in [0.05, 0.1) is 6.10 Å². The average molecular weight is 195 g/mol. The molecule has 0 saturated carbocycles. The molecule has 1 heterocycles. The second kappa shape index (κ2) is 4.81. The molecule has 1 aromatic rings. The van der Waals surface area contributed by atoms with Gasteiger partial charge in [-0.2, -0.15) is 0 Å². The third kappa shape index (κ3) is 3.62. The van der Waals surface area contributed by atoms with Crippen molar-refractivity contribution in [2.45, 2.75) is 32.4 Å². The van der Waals surface area contributed by atoms with Gasteiger partial charge >= 0.3 is 0 Å². The Morgan fingerprint density at radius 1 is 1.57 bits per heavy atom. The molecule has 0 aliphatic carbocycles. The van der Waals surface area contributed by atoms with Gasteiger partial charge < -0.3 is 16.2 Å². The second-order valence-corrected chi connectivity index (χ2v) is 3.60. The number of hydrogen-bond acceptors (Lipinski definition) is 4. The summed E-state index contributed by atoms with van der Waals surface area (Å²) in [5.41, 5.74) is 6.29. The van der Waals surface area contributed by atoms with Gasteiger partial charge in [-0.1, -0.05) is 0 Å². The standard InChI is InChI=1S/C10H17N3O/c1-7(5-8(2)14)13-10-6-9(11)3-4-12-10/h3-4,6-8,14H,5H2,1-2H3,(H3,11,12,13). The van der Waals surface area contributed by atoms with Crippen molar-refractivity contribution in [2.75, 3.05) is 11.1 Å². The zero-order valence-electron chi connectivity index (χ0n) is 8.57. The lowest BCUT2D eigenvalue weighted by atomic mass is 10.1. The average Bonchev–Trinajstić information content (AvgIpc) is 2.01. The van der Waals surface area contributed by atoms with Crippen LogP contribution in [0.25, 0.3) is 0 Å². The van der Waals surface area contributed by atoms with Crippen LogP contribution in [0.4, 0.5) is 11.5 Å². The number of nitrogens with one attached hydrogen (secondary N) is 1. The molecule has 4 nitrogen and oxygen atoms in total. The van der Waals surface area contributed by atoms with E-state index in [1.807, 2.05) is 6.92 Å². The van der Waals surface area contributed by atoms with Gasteiger partial charge in [0.2, 0.25) is 0 Å². The number of anilines is 2. The minimum Gasteiger partial charge on any atom is -0.399 e. The maximum atomic E-state index is 9.17. The molecule has 2 unspecified atom stereocenters. The van der Waals surface area contributed by atoms with Gasteiger partial charge in [0, 0.05) is 24.0 Å². The summed E-state index contributed by atoms with van der Waals surface area (Å²) in [4.78, 5) is 4.11. The van der Waals surface area contributed by atoms with E-state index in [4.69, 9.17) is 5.73 Å². The smallest absolute Gasteiger partial charge is 0.128 e. The molecule has 0 spiro atoms. The Balaban J connectivity index is 2.51. The first kappa shape index (κ1) is 10.8. The summed E-state index contributed by atoms with van der Waals surface area (Å²) < 4.78 is 0. The predicted octanol–water partition coefficient (Wildman–Crippen LogP) is 1.24. The van der Waals surface area contributed by atoms with Crippen molar-refractivity contribution in [3.05, 3.63) is 18.3 Å². The Morgan fingerprint density at radius 3 is 2.86 bits per heavy atom. The molecule has 1 rings (SSSR count). The Labute approximate surface area is 84.2 Å². The molecule has 0 aliphatic heterocycles. The van der Waals surface area contributed by atoms with Crippen LogP contribution < -0.4 is 11.1 Å². The number of aromatic nitrogens is 1. The van der Waals surface area contributed by atoms with Crippen molar-refractivity contribution in [1.29, 1.82) is 0 Å². The highest BCUT2D eigenvalue weighted by Crippen LogP contribution is 2.10. The SMILES string of the molecule is CC(O)CC(C)Nc1cc(N)ccn1. The topological polar surface area (TPSA) is 71.2 Å². The molecule has 0 fully saturated rings. The lowest BCUT2D eigenvalue weighted by Gasteiger charge is -2.15. The summed E-state index contributed by atoms with van der Waals surface area (Å²) >= 11 is 0. The van der Waals surface area contributed by atoms with Crippen LogP contribution in [-0.2, 0) is 0 Å². The number of aliphatic hydroxyl groups excluding tert-OH is 1. The van der Waals surface area contributed by atoms with Crippen LogP contribution in [0.1, 0.15) is 20.3 Å². The first-order valence-electron chi connectivity index (χ1n) is 4.74. The Morgan fingerprint density at radius 2 is 2.29 bits per heavy atom. The van der Waals surface area contributed by atoms with Crippen LogP contribution in [0, 0.1) is 0 Å². The third-order valence-corrected chi connectivity index (χ3v) is 1.87. The van der Waals surface area contributed by atoms with Crippen molar-refractivity contribution in [3.8, 4) is 0 Å². The summed E-state index contributed by atoms with van der Waals surface area (Å²) in [6.45, 7) is 3.77. The largest absolute Gasteiger partial charge is 0.399 e. The fourth-order valence-corrected chi connectivity index (χ4v) is 1.35. The van der Waals surface area contributed by atoms with Crippen molar-refractivity contribution in [3.63, 3.8) is 0 Å². The molecular formula is C10H17N3O. The summed E-state index contributed by atoms with van der Waals surface area (Å²) in [5, 5.41) is 12.3. The van der Waals surface area contributed by atoms with Crippen LogP contribution in [0.5, 0.6) is 0 Å². The molecule has 4 N–H and O–H groups in total. The van der Waals surface area contributed by atoms with Crippen LogP contribution in [0.2, 0.25) is 0 Å². The van der Waals surface area contributed by atoms with E-state index >= 15 is 0 Å². The number of hydrogen-bond donors (Lipinski definition) is 3. The number of nitrogens with two attached hydrogens (primary N) is 1. The normalized spacial score (nSPS) is 14.8. The molecule has 0 radical (unpaired) electrons. The van der Waals surface area contributed by atoms with Gasteiger partial charge in [-0.25, -0.2) is 4.98 Å². The zero-order chi connectivity index (χ0) is 10.6. The Hall–Kier alpha value is -1.29. The maximum Gasteiger partial charge on any atom is 0.128 e. The molecule has 2 atom stereocenters. The summed E-state index contributed by atoms with van der Waals surface area (Å²) in [5.74, 6) is 0.748. The van der Waals surface area contributed by atoms with E-state index in [0.29, 0.717) is 12.1 Å². The van der Waals surface area contributed by atoms with Gasteiger partial charge in [0.25, 0.3) is 0 Å². The quantitative estimate of drug-likeness (QED) is 0.676. The molecule has 0 aromatic carbocycles. The van der Waals surface area contributed by atoms with E-state index < -0.39 is 0 Å². The molecule has 0 amide bonds. The molecule has 78 valence electrons. The highest BCUT2D eigenvalue weighted by Gasteiger charge is 2.06. The lowest BCUT2D eigenvalue weighted by molar-refractivity contribution is 0.179. The third-order valence-electron chi connectivity index (χ3n) is 1.87. The molecular weight excluding hydrogens is 178 g/mol. The van der Waals surface area contributed by atoms with Crippen molar-refractivity contribution in [2.24, 2.45) is 0 Å². The van der Waals surface area contributed by atoms with E-state index in [0.717, 1.165) is 5.82 Å². The fraction of sp³-hybridized carbons (Fsp3) is 0.500. The molecule has 4 heteroatoms. The first-order valence-corrected chi connectivity index (χ1v) is 4.74. The van der Waals surface area contributed by atoms with Crippen LogP contribution in [-0.4, -0.2) is 22.2 Å². The lowest BCUT2D eigenvalue weighted by Crippen LogP contribution is -2.21. The van der Waals surface area contributed by atoms with E-state index in [2.05, 4.69) is 10.3 Å². The fourth-order valence-electron chi connectivity index (χ4n) is 1.35. The van der Waals surface area contributed by atoms with Gasteiger partial charge in [0.15, 0.2) is 0 Å². The maximum absolute atomic E-state index is 9.17. The van der Waals surface area contributed by atoms with Gasteiger partial charge in [-0.05, 0) is 26.3 Å². The number of nitrogens with zero attached hydrogens (tertiary/aromatic N) is 1. The molecule has 1 aromatic heterocycles. The van der Waals surface area contributed by atoms with Crippen LogP contribution >= 0.6 is 0 Å². The van der Waals surface area contributed by atoms with E-state index in [9.17, 15) is 5.11 Å². The van der Waals surface area contributed by atoms with Crippen molar-refractivity contribution >= 4 is 11.5 Å². The summed E-state index contributed by atoms with van der Waals surface area (Å²) in [7, 11) is 0. The number of rotatable bonds is 4. The molecule has 0 saturated heterocycles. The van der Waals surface area contributed by atoms with E-state index in [1.165, 1.54) is 0 Å². The van der Waals surface area contributed by atoms with Crippen LogP contribution in [0.3, 0.4) is 0 Å². The predicted molar refractivity (Wildman–Crippen MR) is 58.0 cm³/mol.